The summed E-state index contributed by atoms with van der Waals surface area (Å²) >= 11 is 0. The van der Waals surface area contributed by atoms with E-state index >= 15 is 0 Å². The maximum atomic E-state index is 10.3. The fourth-order valence-corrected chi connectivity index (χ4v) is 2.14. The summed E-state index contributed by atoms with van der Waals surface area (Å²) in [4.78, 5) is 14.8. The van der Waals surface area contributed by atoms with Crippen molar-refractivity contribution in [1.29, 1.82) is 0 Å². The first-order valence-corrected chi connectivity index (χ1v) is 9.49. The van der Waals surface area contributed by atoms with Gasteiger partial charge in [-0.25, -0.2) is 4.89 Å². The molecule has 0 unspecified atom stereocenters. The van der Waals surface area contributed by atoms with E-state index < -0.39 is 5.97 Å². The average molecular weight is 363 g/mol. The van der Waals surface area contributed by atoms with Crippen LogP contribution in [0.5, 0.6) is 0 Å². The topological polar surface area (TPSA) is 66.8 Å². The first-order valence-electron chi connectivity index (χ1n) is 9.49. The Morgan fingerprint density at radius 1 is 0.885 bits per heavy atom. The summed E-state index contributed by atoms with van der Waals surface area (Å²) in [6.45, 7) is 2.08. The van der Waals surface area contributed by atoms with Crippen LogP contribution >= 0.6 is 0 Å². The largest absolute Gasteiger partial charge is 0.481 e. The first-order chi connectivity index (χ1) is 12.7. The minimum atomic E-state index is -0.753. The Morgan fingerprint density at radius 3 is 2.12 bits per heavy atom. The molecule has 0 rings (SSSR count). The predicted octanol–water partition coefficient (Wildman–Crippen LogP) is 6.24. The van der Waals surface area contributed by atoms with Crippen LogP contribution in [0, 0.1) is 0 Å². The van der Waals surface area contributed by atoms with Crippen molar-refractivity contribution in [1.82, 2.24) is 0 Å². The molecule has 26 heavy (non-hydrogen) atoms. The van der Waals surface area contributed by atoms with Crippen molar-refractivity contribution in [2.24, 2.45) is 0 Å². The van der Waals surface area contributed by atoms with E-state index in [9.17, 15) is 4.79 Å². The van der Waals surface area contributed by atoms with E-state index in [1.807, 2.05) is 24.3 Å². The third-order valence-corrected chi connectivity index (χ3v) is 3.57. The summed E-state index contributed by atoms with van der Waals surface area (Å²) in [6, 6.07) is 0. The highest BCUT2D eigenvalue weighted by molar-refractivity contribution is 5.66. The molecule has 0 aromatic carbocycles. The van der Waals surface area contributed by atoms with Gasteiger partial charge in [0, 0.05) is 6.42 Å². The number of carboxylic acid groups (broad SMARTS) is 1. The molecule has 0 aliphatic rings. The second kappa shape index (κ2) is 19.4. The highest BCUT2D eigenvalue weighted by Crippen LogP contribution is 2.05. The average Bonchev–Trinajstić information content (AvgIpc) is 2.63. The van der Waals surface area contributed by atoms with E-state index in [1.165, 1.54) is 0 Å². The van der Waals surface area contributed by atoms with Crippen LogP contribution in [0.15, 0.2) is 60.8 Å². The molecule has 0 aromatic heterocycles. The summed E-state index contributed by atoms with van der Waals surface area (Å²) in [5.74, 6) is -0.753. The van der Waals surface area contributed by atoms with Gasteiger partial charge in [0.15, 0.2) is 0 Å². The number of allylic oxidation sites excluding steroid dienone is 8. The standard InChI is InChI=1S/C22H34O4/c1-2-3-15-18-21(26-25)19-16-13-11-9-7-5-4-6-8-10-12-14-17-20-22(23)24/h3,5-8,12,14-16,19,21,25H,2,4,9-11,13,17-18,20H2,1H3,(H,23,24)/b7-5-,8-6-,14-12-,15-3-,19-16+/t21-/m1/s1. The number of hydrogen-bond acceptors (Lipinski definition) is 3. The molecular weight excluding hydrogens is 328 g/mol. The van der Waals surface area contributed by atoms with Gasteiger partial charge in [0.25, 0.3) is 0 Å². The van der Waals surface area contributed by atoms with Crippen LogP contribution in [0.2, 0.25) is 0 Å². The zero-order valence-electron chi connectivity index (χ0n) is 15.9. The van der Waals surface area contributed by atoms with Gasteiger partial charge in [-0.05, 0) is 51.4 Å². The Kier molecular flexibility index (Phi) is 18.0. The van der Waals surface area contributed by atoms with Crippen LogP contribution in [0.4, 0.5) is 0 Å². The van der Waals surface area contributed by atoms with Gasteiger partial charge in [0.1, 0.15) is 6.10 Å². The molecule has 0 amide bonds. The highest BCUT2D eigenvalue weighted by atomic mass is 17.1. The van der Waals surface area contributed by atoms with Crippen LogP contribution in [0.1, 0.15) is 64.7 Å². The van der Waals surface area contributed by atoms with Crippen molar-refractivity contribution in [3.63, 3.8) is 0 Å². The number of aliphatic carboxylic acids is 1. The van der Waals surface area contributed by atoms with Gasteiger partial charge >= 0.3 is 5.97 Å². The molecule has 2 N–H and O–H groups in total. The quantitative estimate of drug-likeness (QED) is 0.148. The summed E-state index contributed by atoms with van der Waals surface area (Å²) in [5, 5.41) is 17.3. The molecule has 0 aromatic rings. The highest BCUT2D eigenvalue weighted by Gasteiger charge is 2.00. The third kappa shape index (κ3) is 18.4. The summed E-state index contributed by atoms with van der Waals surface area (Å²) in [6.07, 6.45) is 27.6. The number of hydrogen-bond donors (Lipinski definition) is 2. The maximum Gasteiger partial charge on any atom is 0.303 e. The molecule has 0 saturated heterocycles. The molecule has 0 heterocycles. The Morgan fingerprint density at radius 2 is 1.50 bits per heavy atom. The van der Waals surface area contributed by atoms with Gasteiger partial charge in [0.2, 0.25) is 0 Å². The van der Waals surface area contributed by atoms with E-state index in [-0.39, 0.29) is 12.5 Å². The van der Waals surface area contributed by atoms with E-state index in [0.29, 0.717) is 12.8 Å². The minimum absolute atomic E-state index is 0.196. The van der Waals surface area contributed by atoms with Gasteiger partial charge in [-0.1, -0.05) is 67.7 Å². The van der Waals surface area contributed by atoms with Crippen LogP contribution in [-0.4, -0.2) is 22.4 Å². The van der Waals surface area contributed by atoms with E-state index in [1.54, 1.807) is 0 Å². The van der Waals surface area contributed by atoms with Crippen molar-refractivity contribution >= 4 is 5.97 Å². The van der Waals surface area contributed by atoms with Crippen molar-refractivity contribution in [3.8, 4) is 0 Å². The zero-order valence-corrected chi connectivity index (χ0v) is 15.9. The second-order valence-electron chi connectivity index (χ2n) is 5.94. The Hall–Kier alpha value is -1.91. The Balaban J connectivity index is 3.63. The van der Waals surface area contributed by atoms with Gasteiger partial charge in [-0.2, -0.15) is 0 Å². The molecule has 0 aliphatic carbocycles. The molecular formula is C22H34O4. The third-order valence-electron chi connectivity index (χ3n) is 3.57. The van der Waals surface area contributed by atoms with Gasteiger partial charge in [0.05, 0.1) is 0 Å². The van der Waals surface area contributed by atoms with Crippen molar-refractivity contribution in [2.45, 2.75) is 70.8 Å². The molecule has 0 bridgehead atoms. The van der Waals surface area contributed by atoms with Crippen LogP contribution < -0.4 is 0 Å². The Bertz CT molecular complexity index is 473. The van der Waals surface area contributed by atoms with Crippen LogP contribution in [-0.2, 0) is 9.68 Å². The van der Waals surface area contributed by atoms with Gasteiger partial charge in [-0.15, -0.1) is 0 Å². The number of carboxylic acids is 1. The number of unbranched alkanes of at least 4 members (excludes halogenated alkanes) is 2. The fourth-order valence-electron chi connectivity index (χ4n) is 2.14. The minimum Gasteiger partial charge on any atom is -0.481 e. The predicted molar refractivity (Wildman–Crippen MR) is 108 cm³/mol. The van der Waals surface area contributed by atoms with Crippen LogP contribution in [0.3, 0.4) is 0 Å². The summed E-state index contributed by atoms with van der Waals surface area (Å²) < 4.78 is 0. The fraction of sp³-hybridized carbons (Fsp3) is 0.500. The van der Waals surface area contributed by atoms with Crippen molar-refractivity contribution < 1.29 is 20.0 Å². The monoisotopic (exact) mass is 362 g/mol. The maximum absolute atomic E-state index is 10.3. The first kappa shape index (κ1) is 24.1. The molecule has 0 saturated carbocycles. The number of carbonyl (C=O) groups is 1. The molecule has 4 heteroatoms. The van der Waals surface area contributed by atoms with Gasteiger partial charge < -0.3 is 5.11 Å². The molecule has 146 valence electrons. The van der Waals surface area contributed by atoms with Crippen molar-refractivity contribution in [2.75, 3.05) is 0 Å². The Labute approximate surface area is 158 Å². The molecule has 0 radical (unpaired) electrons. The van der Waals surface area contributed by atoms with Crippen molar-refractivity contribution in [3.05, 3.63) is 60.8 Å². The second-order valence-corrected chi connectivity index (χ2v) is 5.94. The van der Waals surface area contributed by atoms with Gasteiger partial charge in [-0.3, -0.25) is 10.1 Å². The lowest BCUT2D eigenvalue weighted by Crippen LogP contribution is -2.05. The van der Waals surface area contributed by atoms with E-state index in [0.717, 1.165) is 38.5 Å². The zero-order chi connectivity index (χ0) is 19.3. The molecule has 0 spiro atoms. The molecule has 0 aliphatic heterocycles. The lowest BCUT2D eigenvalue weighted by Gasteiger charge is -2.04. The van der Waals surface area contributed by atoms with E-state index in [2.05, 4.69) is 48.3 Å². The molecule has 0 fully saturated rings. The molecule has 1 atom stereocenters. The molecule has 4 nitrogen and oxygen atoms in total. The summed E-state index contributed by atoms with van der Waals surface area (Å²) in [5.41, 5.74) is 0. The number of rotatable bonds is 16. The SMILES string of the molecule is CC/C=C\C[C@H](/C=C/CCC/C=C\C/C=C\C/C=C\CCC(=O)O)OO. The normalized spacial score (nSPS) is 13.9. The lowest BCUT2D eigenvalue weighted by atomic mass is 10.1. The van der Waals surface area contributed by atoms with Crippen LogP contribution in [0.25, 0.3) is 0 Å². The van der Waals surface area contributed by atoms with E-state index in [4.69, 9.17) is 10.4 Å². The summed E-state index contributed by atoms with van der Waals surface area (Å²) in [7, 11) is 0. The lowest BCUT2D eigenvalue weighted by molar-refractivity contribution is -0.264. The smallest absolute Gasteiger partial charge is 0.303 e.